The summed E-state index contributed by atoms with van der Waals surface area (Å²) in [4.78, 5) is 27.0. The van der Waals surface area contributed by atoms with Crippen molar-refractivity contribution in [2.75, 3.05) is 13.7 Å². The highest BCUT2D eigenvalue weighted by Gasteiger charge is 2.40. The van der Waals surface area contributed by atoms with E-state index in [1.54, 1.807) is 0 Å². The first-order chi connectivity index (χ1) is 15.8. The lowest BCUT2D eigenvalue weighted by Gasteiger charge is -2.23. The van der Waals surface area contributed by atoms with Gasteiger partial charge in [-0.3, -0.25) is 14.5 Å². The zero-order valence-electron chi connectivity index (χ0n) is 17.9. The second kappa shape index (κ2) is 9.23. The van der Waals surface area contributed by atoms with Crippen molar-refractivity contribution in [3.63, 3.8) is 0 Å². The Morgan fingerprint density at radius 1 is 1.03 bits per heavy atom. The molecule has 0 saturated carbocycles. The molecule has 0 aromatic heterocycles. The van der Waals surface area contributed by atoms with Crippen LogP contribution in [0.3, 0.4) is 0 Å². The Hall–Kier alpha value is -3.39. The highest BCUT2D eigenvalue weighted by Crippen LogP contribution is 2.32. The summed E-state index contributed by atoms with van der Waals surface area (Å²) in [6, 6.07) is 17.4. The van der Waals surface area contributed by atoms with E-state index in [0.29, 0.717) is 13.1 Å². The van der Waals surface area contributed by atoms with Gasteiger partial charge in [-0.15, -0.1) is 0 Å². The summed E-state index contributed by atoms with van der Waals surface area (Å²) in [7, 11) is 1.30. The SMILES string of the molecule is COC(=O)[C@@H]1C[C@H](NC(=O)c2ccccc2C(F)(F)F)CN1Cc1cccc2ccccc12. The first-order valence-corrected chi connectivity index (χ1v) is 10.5. The molecule has 0 aliphatic carbocycles. The highest BCUT2D eigenvalue weighted by atomic mass is 19.4. The molecule has 2 atom stereocenters. The minimum absolute atomic E-state index is 0.247. The number of carbonyl (C=O) groups excluding carboxylic acids is 2. The molecule has 172 valence electrons. The van der Waals surface area contributed by atoms with Crippen molar-refractivity contribution in [2.24, 2.45) is 0 Å². The number of hydrogen-bond donors (Lipinski definition) is 1. The van der Waals surface area contributed by atoms with Gasteiger partial charge in [-0.25, -0.2) is 0 Å². The zero-order valence-corrected chi connectivity index (χ0v) is 17.9. The molecule has 1 heterocycles. The van der Waals surface area contributed by atoms with Crippen molar-refractivity contribution in [1.82, 2.24) is 10.2 Å². The van der Waals surface area contributed by atoms with Gasteiger partial charge in [0, 0.05) is 19.1 Å². The number of carbonyl (C=O) groups is 2. The van der Waals surface area contributed by atoms with Gasteiger partial charge < -0.3 is 10.1 Å². The van der Waals surface area contributed by atoms with E-state index >= 15 is 0 Å². The number of esters is 1. The average Bonchev–Trinajstić information content (AvgIpc) is 3.20. The van der Waals surface area contributed by atoms with E-state index in [2.05, 4.69) is 5.32 Å². The second-order valence-corrected chi connectivity index (χ2v) is 8.06. The lowest BCUT2D eigenvalue weighted by atomic mass is 10.0. The molecule has 5 nitrogen and oxygen atoms in total. The number of alkyl halides is 3. The van der Waals surface area contributed by atoms with Crippen molar-refractivity contribution in [2.45, 2.75) is 31.2 Å². The number of nitrogens with zero attached hydrogens (tertiary/aromatic N) is 1. The van der Waals surface area contributed by atoms with Crippen LogP contribution in [-0.2, 0) is 22.3 Å². The summed E-state index contributed by atoms with van der Waals surface area (Å²) in [6.07, 6.45) is -4.39. The second-order valence-electron chi connectivity index (χ2n) is 8.06. The van der Waals surface area contributed by atoms with Gasteiger partial charge in [0.1, 0.15) is 6.04 Å². The summed E-state index contributed by atoms with van der Waals surface area (Å²) >= 11 is 0. The van der Waals surface area contributed by atoms with Gasteiger partial charge in [0.15, 0.2) is 0 Å². The minimum Gasteiger partial charge on any atom is -0.468 e. The molecular formula is C25H23F3N2O3. The molecule has 0 spiro atoms. The fourth-order valence-electron chi connectivity index (χ4n) is 4.40. The molecule has 0 unspecified atom stereocenters. The van der Waals surface area contributed by atoms with Gasteiger partial charge in [-0.05, 0) is 34.9 Å². The van der Waals surface area contributed by atoms with Crippen LogP contribution in [-0.4, -0.2) is 42.5 Å². The van der Waals surface area contributed by atoms with E-state index in [4.69, 9.17) is 4.74 Å². The fraction of sp³-hybridized carbons (Fsp3) is 0.280. The summed E-state index contributed by atoms with van der Waals surface area (Å²) in [6.45, 7) is 0.746. The van der Waals surface area contributed by atoms with Gasteiger partial charge in [0.25, 0.3) is 5.91 Å². The molecule has 1 fully saturated rings. The third-order valence-corrected chi connectivity index (χ3v) is 5.94. The summed E-state index contributed by atoms with van der Waals surface area (Å²) in [5.41, 5.74) is -0.416. The van der Waals surface area contributed by atoms with Crippen LogP contribution in [0, 0.1) is 0 Å². The first-order valence-electron chi connectivity index (χ1n) is 10.5. The Labute approximate surface area is 189 Å². The third kappa shape index (κ3) is 4.85. The topological polar surface area (TPSA) is 58.6 Å². The van der Waals surface area contributed by atoms with Crippen LogP contribution < -0.4 is 5.32 Å². The van der Waals surface area contributed by atoms with Gasteiger partial charge >= 0.3 is 12.1 Å². The van der Waals surface area contributed by atoms with Crippen LogP contribution in [0.1, 0.15) is 27.9 Å². The van der Waals surface area contributed by atoms with E-state index < -0.39 is 41.3 Å². The monoisotopic (exact) mass is 456 g/mol. The number of fused-ring (bicyclic) bond motifs is 1. The van der Waals surface area contributed by atoms with Gasteiger partial charge in [-0.2, -0.15) is 13.2 Å². The maximum absolute atomic E-state index is 13.3. The zero-order chi connectivity index (χ0) is 23.6. The van der Waals surface area contributed by atoms with Crippen LogP contribution in [0.5, 0.6) is 0 Å². The van der Waals surface area contributed by atoms with Crippen molar-refractivity contribution in [1.29, 1.82) is 0 Å². The van der Waals surface area contributed by atoms with Crippen LogP contribution in [0.15, 0.2) is 66.7 Å². The molecule has 0 bridgehead atoms. The molecule has 1 saturated heterocycles. The number of benzene rings is 3. The van der Waals surface area contributed by atoms with E-state index in [1.807, 2.05) is 47.4 Å². The molecule has 3 aromatic carbocycles. The average molecular weight is 456 g/mol. The fourth-order valence-corrected chi connectivity index (χ4v) is 4.40. The molecule has 4 rings (SSSR count). The van der Waals surface area contributed by atoms with Crippen molar-refractivity contribution >= 4 is 22.6 Å². The Balaban J connectivity index is 1.55. The largest absolute Gasteiger partial charge is 0.468 e. The highest BCUT2D eigenvalue weighted by molar-refractivity contribution is 5.96. The van der Waals surface area contributed by atoms with E-state index in [1.165, 1.54) is 19.2 Å². The van der Waals surface area contributed by atoms with E-state index in [-0.39, 0.29) is 6.42 Å². The summed E-state index contributed by atoms with van der Waals surface area (Å²) < 4.78 is 44.9. The number of halogens is 3. The van der Waals surface area contributed by atoms with Gasteiger partial charge in [0.05, 0.1) is 18.2 Å². The first kappa shape index (κ1) is 22.8. The Morgan fingerprint density at radius 2 is 1.73 bits per heavy atom. The Kier molecular flexibility index (Phi) is 6.37. The molecular weight excluding hydrogens is 433 g/mol. The minimum atomic E-state index is -4.64. The standard InChI is InChI=1S/C25H23F3N2O3/c1-33-24(32)22-13-18(29-23(31)20-11-4-5-12-21(20)25(26,27)28)15-30(22)14-17-9-6-8-16-7-2-3-10-19(16)17/h2-12,18,22H,13-15H2,1H3,(H,29,31)/t18-,22-/m0/s1. The van der Waals surface area contributed by atoms with Crippen molar-refractivity contribution in [3.05, 3.63) is 83.4 Å². The van der Waals surface area contributed by atoms with Crippen LogP contribution in [0.2, 0.25) is 0 Å². The predicted octanol–water partition coefficient (Wildman–Crippen LogP) is 4.40. The molecule has 1 aliphatic rings. The smallest absolute Gasteiger partial charge is 0.417 e. The van der Waals surface area contributed by atoms with Crippen LogP contribution in [0.4, 0.5) is 13.2 Å². The van der Waals surface area contributed by atoms with E-state index in [9.17, 15) is 22.8 Å². The number of amides is 1. The third-order valence-electron chi connectivity index (χ3n) is 5.94. The number of nitrogens with one attached hydrogen (secondary N) is 1. The quantitative estimate of drug-likeness (QED) is 0.578. The van der Waals surface area contributed by atoms with Crippen LogP contribution in [0.25, 0.3) is 10.8 Å². The maximum Gasteiger partial charge on any atom is 0.417 e. The number of likely N-dealkylation sites (tertiary alicyclic amines) is 1. The van der Waals surface area contributed by atoms with Gasteiger partial charge in [-0.1, -0.05) is 54.6 Å². The number of methoxy groups -OCH3 is 1. The lowest BCUT2D eigenvalue weighted by Crippen LogP contribution is -2.38. The number of hydrogen-bond acceptors (Lipinski definition) is 4. The molecule has 0 radical (unpaired) electrons. The number of rotatable bonds is 5. The van der Waals surface area contributed by atoms with E-state index in [0.717, 1.165) is 28.5 Å². The van der Waals surface area contributed by atoms with Crippen LogP contribution >= 0.6 is 0 Å². The normalized spacial score (nSPS) is 18.9. The molecule has 8 heteroatoms. The molecule has 1 aliphatic heterocycles. The Morgan fingerprint density at radius 3 is 2.48 bits per heavy atom. The molecule has 1 N–H and O–H groups in total. The van der Waals surface area contributed by atoms with Crippen molar-refractivity contribution < 1.29 is 27.5 Å². The summed E-state index contributed by atoms with van der Waals surface area (Å²) in [5.74, 6) is -1.26. The summed E-state index contributed by atoms with van der Waals surface area (Å²) in [5, 5.41) is 4.80. The maximum atomic E-state index is 13.3. The predicted molar refractivity (Wildman–Crippen MR) is 117 cm³/mol. The lowest BCUT2D eigenvalue weighted by molar-refractivity contribution is -0.146. The number of ether oxygens (including phenoxy) is 1. The van der Waals surface area contributed by atoms with Crippen molar-refractivity contribution in [3.8, 4) is 0 Å². The molecule has 1 amide bonds. The Bertz CT molecular complexity index is 1170. The molecule has 33 heavy (non-hydrogen) atoms. The van der Waals surface area contributed by atoms with Gasteiger partial charge in [0.2, 0.25) is 0 Å². The molecule has 3 aromatic rings.